The number of ether oxygens (including phenoxy) is 1. The lowest BCUT2D eigenvalue weighted by atomic mass is 10.1. The zero-order chi connectivity index (χ0) is 15.4. The highest BCUT2D eigenvalue weighted by molar-refractivity contribution is 7.99. The van der Waals surface area contributed by atoms with E-state index in [1.54, 1.807) is 11.7 Å². The van der Waals surface area contributed by atoms with Gasteiger partial charge in [0.25, 0.3) is 0 Å². The summed E-state index contributed by atoms with van der Waals surface area (Å²) >= 11 is 1.46. The van der Waals surface area contributed by atoms with Crippen molar-refractivity contribution >= 4 is 17.7 Å². The number of tetrazole rings is 1. The molecule has 2 aromatic rings. The van der Waals surface area contributed by atoms with Gasteiger partial charge in [-0.2, -0.15) is 0 Å². The molecule has 1 aromatic heterocycles. The molecule has 22 heavy (non-hydrogen) atoms. The molecule has 1 N–H and O–H groups in total. The normalized spacial score (nSPS) is 16.1. The fourth-order valence-corrected chi connectivity index (χ4v) is 3.05. The Morgan fingerprint density at radius 3 is 3.14 bits per heavy atom. The van der Waals surface area contributed by atoms with Gasteiger partial charge in [0.2, 0.25) is 11.1 Å². The number of carbonyl (C=O) groups is 1. The van der Waals surface area contributed by atoms with Gasteiger partial charge in [0.05, 0.1) is 6.54 Å². The molecular formula is C14H17N5O2S. The summed E-state index contributed by atoms with van der Waals surface area (Å²) in [5.41, 5.74) is 1.20. The molecule has 7 nitrogen and oxygen atoms in total. The lowest BCUT2D eigenvalue weighted by molar-refractivity contribution is -0.121. The zero-order valence-electron chi connectivity index (χ0n) is 12.2. The molecule has 0 spiro atoms. The largest absolute Gasteiger partial charge is 0.488 e. The van der Waals surface area contributed by atoms with Crippen LogP contribution in [0.5, 0.6) is 5.75 Å². The van der Waals surface area contributed by atoms with Gasteiger partial charge in [-0.25, -0.2) is 4.68 Å². The molecule has 0 saturated heterocycles. The van der Waals surface area contributed by atoms with Crippen molar-refractivity contribution in [1.82, 2.24) is 25.5 Å². The first-order chi connectivity index (χ1) is 10.7. The standard InChI is InChI=1S/C14H17N5O2S/c1-19-14(16-17-18-19)22-7-6-13(20)15-9-11-8-10-4-2-3-5-12(10)21-11/h2-5,11H,6-9H2,1H3,(H,15,20)/t11-/m1/s1. The van der Waals surface area contributed by atoms with Gasteiger partial charge < -0.3 is 10.1 Å². The molecule has 1 amide bonds. The van der Waals surface area contributed by atoms with E-state index in [4.69, 9.17) is 4.74 Å². The number of amides is 1. The Morgan fingerprint density at radius 2 is 2.36 bits per heavy atom. The van der Waals surface area contributed by atoms with E-state index in [2.05, 4.69) is 26.9 Å². The number of aryl methyl sites for hydroxylation is 1. The number of hydrogen-bond acceptors (Lipinski definition) is 6. The minimum absolute atomic E-state index is 0.0159. The fraction of sp³-hybridized carbons (Fsp3) is 0.429. The highest BCUT2D eigenvalue weighted by Gasteiger charge is 2.22. The monoisotopic (exact) mass is 319 g/mol. The Hall–Kier alpha value is -2.09. The van der Waals surface area contributed by atoms with Crippen molar-refractivity contribution in [2.75, 3.05) is 12.3 Å². The number of para-hydroxylation sites is 1. The summed E-state index contributed by atoms with van der Waals surface area (Å²) in [4.78, 5) is 11.8. The van der Waals surface area contributed by atoms with Crippen LogP contribution >= 0.6 is 11.8 Å². The smallest absolute Gasteiger partial charge is 0.220 e. The first-order valence-corrected chi connectivity index (χ1v) is 8.07. The molecule has 1 aliphatic heterocycles. The second kappa shape index (κ2) is 6.78. The van der Waals surface area contributed by atoms with E-state index in [1.807, 2.05) is 18.2 Å². The van der Waals surface area contributed by atoms with Crippen molar-refractivity contribution in [1.29, 1.82) is 0 Å². The van der Waals surface area contributed by atoms with E-state index >= 15 is 0 Å². The van der Waals surface area contributed by atoms with Crippen LogP contribution in [0.15, 0.2) is 29.4 Å². The maximum absolute atomic E-state index is 11.8. The van der Waals surface area contributed by atoms with Crippen molar-refractivity contribution in [3.8, 4) is 5.75 Å². The number of thioether (sulfide) groups is 1. The number of fused-ring (bicyclic) bond motifs is 1. The number of nitrogens with one attached hydrogen (secondary N) is 1. The number of carbonyl (C=O) groups excluding carboxylic acids is 1. The average molecular weight is 319 g/mol. The van der Waals surface area contributed by atoms with E-state index in [0.29, 0.717) is 23.9 Å². The molecule has 1 atom stereocenters. The molecule has 0 radical (unpaired) electrons. The topological polar surface area (TPSA) is 81.9 Å². The SMILES string of the molecule is Cn1nnnc1SCCC(=O)NC[C@H]1Cc2ccccc2O1. The molecule has 8 heteroatoms. The highest BCUT2D eigenvalue weighted by Crippen LogP contribution is 2.27. The molecule has 1 aliphatic rings. The predicted octanol–water partition coefficient (Wildman–Crippen LogP) is 0.812. The lowest BCUT2D eigenvalue weighted by Crippen LogP contribution is -2.34. The van der Waals surface area contributed by atoms with Crippen LogP contribution in [-0.4, -0.2) is 44.5 Å². The summed E-state index contributed by atoms with van der Waals surface area (Å²) in [5.74, 6) is 1.58. The Labute approximate surface area is 132 Å². The van der Waals surface area contributed by atoms with Crippen molar-refractivity contribution in [2.45, 2.75) is 24.1 Å². The first kappa shape index (κ1) is 14.8. The Kier molecular flexibility index (Phi) is 4.57. The van der Waals surface area contributed by atoms with E-state index in [9.17, 15) is 4.79 Å². The van der Waals surface area contributed by atoms with Crippen LogP contribution < -0.4 is 10.1 Å². The van der Waals surface area contributed by atoms with E-state index < -0.39 is 0 Å². The number of nitrogens with zero attached hydrogens (tertiary/aromatic N) is 4. The summed E-state index contributed by atoms with van der Waals surface area (Å²) < 4.78 is 7.38. The van der Waals surface area contributed by atoms with Gasteiger partial charge in [-0.05, 0) is 22.1 Å². The molecule has 0 aliphatic carbocycles. The maximum Gasteiger partial charge on any atom is 0.220 e. The second-order valence-electron chi connectivity index (χ2n) is 5.04. The van der Waals surface area contributed by atoms with Crippen molar-refractivity contribution in [2.24, 2.45) is 7.05 Å². The third-order valence-electron chi connectivity index (χ3n) is 3.38. The van der Waals surface area contributed by atoms with Gasteiger partial charge in [0, 0.05) is 25.6 Å². The molecule has 116 valence electrons. The van der Waals surface area contributed by atoms with Crippen molar-refractivity contribution < 1.29 is 9.53 Å². The van der Waals surface area contributed by atoms with Crippen LogP contribution in [0.4, 0.5) is 0 Å². The van der Waals surface area contributed by atoms with E-state index in [1.165, 1.54) is 17.3 Å². The third-order valence-corrected chi connectivity index (χ3v) is 4.39. The molecular weight excluding hydrogens is 302 g/mol. The Morgan fingerprint density at radius 1 is 1.50 bits per heavy atom. The third kappa shape index (κ3) is 3.56. The van der Waals surface area contributed by atoms with Crippen LogP contribution in [0.1, 0.15) is 12.0 Å². The van der Waals surface area contributed by atoms with Crippen LogP contribution in [0.25, 0.3) is 0 Å². The van der Waals surface area contributed by atoms with E-state index in [0.717, 1.165) is 12.2 Å². The van der Waals surface area contributed by atoms with Gasteiger partial charge in [-0.15, -0.1) is 5.10 Å². The number of hydrogen-bond donors (Lipinski definition) is 1. The average Bonchev–Trinajstić information content (AvgIpc) is 3.11. The maximum atomic E-state index is 11.8. The molecule has 0 bridgehead atoms. The Balaban J connectivity index is 1.36. The van der Waals surface area contributed by atoms with Crippen LogP contribution in [0.2, 0.25) is 0 Å². The minimum atomic E-state index is 0.0159. The summed E-state index contributed by atoms with van der Waals surface area (Å²) in [7, 11) is 1.78. The number of benzene rings is 1. The van der Waals surface area contributed by atoms with Gasteiger partial charge in [-0.3, -0.25) is 4.79 Å². The second-order valence-corrected chi connectivity index (χ2v) is 6.10. The Bertz CT molecular complexity index is 635. The summed E-state index contributed by atoms with van der Waals surface area (Å²) in [6, 6.07) is 7.98. The molecule has 0 unspecified atom stereocenters. The van der Waals surface area contributed by atoms with Crippen molar-refractivity contribution in [3.05, 3.63) is 29.8 Å². The zero-order valence-corrected chi connectivity index (χ0v) is 13.0. The summed E-state index contributed by atoms with van der Waals surface area (Å²) in [6.45, 7) is 0.531. The van der Waals surface area contributed by atoms with Crippen molar-refractivity contribution in [3.63, 3.8) is 0 Å². The van der Waals surface area contributed by atoms with Gasteiger partial charge in [0.15, 0.2) is 0 Å². The van der Waals surface area contributed by atoms with Gasteiger partial charge in [0.1, 0.15) is 11.9 Å². The predicted molar refractivity (Wildman–Crippen MR) is 81.7 cm³/mol. The fourth-order valence-electron chi connectivity index (χ4n) is 2.26. The van der Waals surface area contributed by atoms with Crippen LogP contribution in [-0.2, 0) is 18.3 Å². The van der Waals surface area contributed by atoms with E-state index in [-0.39, 0.29) is 12.0 Å². The minimum Gasteiger partial charge on any atom is -0.488 e. The molecule has 0 saturated carbocycles. The summed E-state index contributed by atoms with van der Waals surface area (Å²) in [6.07, 6.45) is 1.30. The highest BCUT2D eigenvalue weighted by atomic mass is 32.2. The quantitative estimate of drug-likeness (QED) is 0.794. The first-order valence-electron chi connectivity index (χ1n) is 7.09. The molecule has 2 heterocycles. The van der Waals surface area contributed by atoms with Crippen LogP contribution in [0.3, 0.4) is 0 Å². The molecule has 3 rings (SSSR count). The van der Waals surface area contributed by atoms with Gasteiger partial charge >= 0.3 is 0 Å². The number of rotatable bonds is 6. The van der Waals surface area contributed by atoms with Gasteiger partial charge in [-0.1, -0.05) is 30.0 Å². The lowest BCUT2D eigenvalue weighted by Gasteiger charge is -2.11. The molecule has 0 fully saturated rings. The number of aromatic nitrogens is 4. The molecule has 1 aromatic carbocycles. The summed E-state index contributed by atoms with van der Waals surface area (Å²) in [5, 5.41) is 14.8. The van der Waals surface area contributed by atoms with Crippen LogP contribution in [0, 0.1) is 0 Å².